The molecule has 1 heterocycles. The van der Waals surface area contributed by atoms with Crippen LogP contribution in [0.5, 0.6) is 0 Å². The van der Waals surface area contributed by atoms with E-state index in [4.69, 9.17) is 4.74 Å². The van der Waals surface area contributed by atoms with Crippen LogP contribution in [0, 0.1) is 0 Å². The molecule has 1 aromatic carbocycles. The smallest absolute Gasteiger partial charge is 0.340 e. The van der Waals surface area contributed by atoms with E-state index in [9.17, 15) is 14.4 Å². The van der Waals surface area contributed by atoms with Crippen LogP contribution in [0.1, 0.15) is 30.6 Å². The fourth-order valence-electron chi connectivity index (χ4n) is 1.99. The van der Waals surface area contributed by atoms with E-state index < -0.39 is 18.5 Å². The van der Waals surface area contributed by atoms with Gasteiger partial charge in [0.05, 0.1) is 11.3 Å². The summed E-state index contributed by atoms with van der Waals surface area (Å²) in [5.41, 5.74) is 0.423. The van der Waals surface area contributed by atoms with E-state index in [0.29, 0.717) is 0 Å². The zero-order valence-electron chi connectivity index (χ0n) is 14.5. The maximum atomic E-state index is 12.2. The van der Waals surface area contributed by atoms with Crippen LogP contribution in [0.3, 0.4) is 0 Å². The predicted octanol–water partition coefficient (Wildman–Crippen LogP) is 0.383. The van der Waals surface area contributed by atoms with Crippen LogP contribution in [0.15, 0.2) is 30.6 Å². The molecule has 1 atom stereocenters. The van der Waals surface area contributed by atoms with Gasteiger partial charge < -0.3 is 15.4 Å². The third kappa shape index (κ3) is 5.65. The van der Waals surface area contributed by atoms with E-state index >= 15 is 0 Å². The number of rotatable bonds is 8. The molecule has 2 aromatic rings. The van der Waals surface area contributed by atoms with Crippen LogP contribution < -0.4 is 10.6 Å². The lowest BCUT2D eigenvalue weighted by Crippen LogP contribution is -2.35. The van der Waals surface area contributed by atoms with Crippen molar-refractivity contribution in [2.24, 2.45) is 0 Å². The maximum absolute atomic E-state index is 12.2. The molecule has 2 N–H and O–H groups in total. The van der Waals surface area contributed by atoms with E-state index in [-0.39, 0.29) is 29.7 Å². The molecule has 2 amide bonds. The second-order valence-electron chi connectivity index (χ2n) is 5.55. The highest BCUT2D eigenvalue weighted by Gasteiger charge is 2.16. The van der Waals surface area contributed by atoms with E-state index in [1.807, 2.05) is 13.8 Å². The average molecular weight is 360 g/mol. The van der Waals surface area contributed by atoms with E-state index in [0.717, 1.165) is 6.42 Å². The zero-order valence-corrected chi connectivity index (χ0v) is 14.5. The minimum Gasteiger partial charge on any atom is -0.452 e. The molecule has 0 unspecified atom stereocenters. The number of tetrazole rings is 1. The van der Waals surface area contributed by atoms with Crippen molar-refractivity contribution in [1.82, 2.24) is 25.5 Å². The third-order valence-electron chi connectivity index (χ3n) is 3.47. The standard InChI is InChI=1S/C16H20N6O4/c1-3-11(2)18-15(24)9-26-16(25)12-6-4-5-7-13(12)19-14(23)8-22-10-17-20-21-22/h4-7,10-11H,3,8-9H2,1-2H3,(H,18,24)(H,19,23)/t11-/m1/s1. The normalized spacial score (nSPS) is 11.5. The quantitative estimate of drug-likeness (QED) is 0.651. The van der Waals surface area contributed by atoms with E-state index in [2.05, 4.69) is 26.2 Å². The highest BCUT2D eigenvalue weighted by molar-refractivity contribution is 6.01. The van der Waals surface area contributed by atoms with Crippen LogP contribution in [0.4, 0.5) is 5.69 Å². The molecule has 0 saturated carbocycles. The van der Waals surface area contributed by atoms with Gasteiger partial charge in [0.1, 0.15) is 12.9 Å². The Bertz CT molecular complexity index is 762. The first-order valence-electron chi connectivity index (χ1n) is 8.05. The summed E-state index contributed by atoms with van der Waals surface area (Å²) in [6.45, 7) is 3.30. The number of hydrogen-bond acceptors (Lipinski definition) is 7. The van der Waals surface area contributed by atoms with Gasteiger partial charge in [-0.15, -0.1) is 5.10 Å². The molecule has 0 spiro atoms. The SMILES string of the molecule is CC[C@@H](C)NC(=O)COC(=O)c1ccccc1NC(=O)Cn1cnnn1. The molecule has 0 aliphatic carbocycles. The maximum Gasteiger partial charge on any atom is 0.340 e. The molecule has 10 nitrogen and oxygen atoms in total. The monoisotopic (exact) mass is 360 g/mol. The Kier molecular flexibility index (Phi) is 6.77. The molecule has 0 bridgehead atoms. The molecule has 0 aliphatic heterocycles. The minimum atomic E-state index is -0.706. The Morgan fingerprint density at radius 1 is 1.23 bits per heavy atom. The first kappa shape index (κ1) is 19.0. The van der Waals surface area contributed by atoms with Crippen molar-refractivity contribution in [3.8, 4) is 0 Å². The molecule has 0 aliphatic rings. The molecule has 0 fully saturated rings. The number of esters is 1. The Hall–Kier alpha value is -3.30. The molecular weight excluding hydrogens is 340 g/mol. The summed E-state index contributed by atoms with van der Waals surface area (Å²) in [5, 5.41) is 15.8. The second kappa shape index (κ2) is 9.25. The van der Waals surface area contributed by atoms with E-state index in [1.165, 1.54) is 17.1 Å². The Morgan fingerprint density at radius 3 is 2.69 bits per heavy atom. The molecule has 138 valence electrons. The minimum absolute atomic E-state index is 0.000878. The van der Waals surface area contributed by atoms with Crippen molar-refractivity contribution in [3.05, 3.63) is 36.2 Å². The number of para-hydroxylation sites is 1. The van der Waals surface area contributed by atoms with Gasteiger partial charge in [-0.1, -0.05) is 19.1 Å². The first-order valence-corrected chi connectivity index (χ1v) is 8.05. The second-order valence-corrected chi connectivity index (χ2v) is 5.55. The number of nitrogens with zero attached hydrogens (tertiary/aromatic N) is 4. The van der Waals surface area contributed by atoms with Gasteiger partial charge in [-0.3, -0.25) is 9.59 Å². The summed E-state index contributed by atoms with van der Waals surface area (Å²) >= 11 is 0. The van der Waals surface area contributed by atoms with Crippen LogP contribution >= 0.6 is 0 Å². The van der Waals surface area contributed by atoms with Crippen molar-refractivity contribution >= 4 is 23.5 Å². The topological polar surface area (TPSA) is 128 Å². The Labute approximate surface area is 149 Å². The Morgan fingerprint density at radius 2 is 2.00 bits per heavy atom. The predicted molar refractivity (Wildman–Crippen MR) is 91.1 cm³/mol. The number of carbonyl (C=O) groups excluding carboxylic acids is 3. The van der Waals surface area contributed by atoms with Crippen molar-refractivity contribution < 1.29 is 19.1 Å². The van der Waals surface area contributed by atoms with Crippen molar-refractivity contribution in [3.63, 3.8) is 0 Å². The lowest BCUT2D eigenvalue weighted by atomic mass is 10.2. The number of carbonyl (C=O) groups is 3. The fraction of sp³-hybridized carbons (Fsp3) is 0.375. The van der Waals surface area contributed by atoms with Crippen LogP contribution in [-0.4, -0.2) is 50.6 Å². The van der Waals surface area contributed by atoms with Gasteiger partial charge in [-0.05, 0) is 35.9 Å². The molecule has 26 heavy (non-hydrogen) atoms. The summed E-state index contributed by atoms with van der Waals surface area (Å²) in [5.74, 6) is -1.50. The number of nitrogens with one attached hydrogen (secondary N) is 2. The van der Waals surface area contributed by atoms with Crippen LogP contribution in [0.2, 0.25) is 0 Å². The summed E-state index contributed by atoms with van der Waals surface area (Å²) in [7, 11) is 0. The van der Waals surface area contributed by atoms with Crippen molar-refractivity contribution in [2.45, 2.75) is 32.9 Å². The number of aromatic nitrogens is 4. The summed E-state index contributed by atoms with van der Waals surface area (Å²) < 4.78 is 6.27. The lowest BCUT2D eigenvalue weighted by Gasteiger charge is -2.13. The molecule has 1 aromatic heterocycles. The number of benzene rings is 1. The van der Waals surface area contributed by atoms with Gasteiger partial charge in [-0.2, -0.15) is 0 Å². The van der Waals surface area contributed by atoms with Gasteiger partial charge in [0, 0.05) is 6.04 Å². The largest absolute Gasteiger partial charge is 0.452 e. The summed E-state index contributed by atoms with van der Waals surface area (Å²) in [6, 6.07) is 6.36. The van der Waals surface area contributed by atoms with E-state index in [1.54, 1.807) is 18.2 Å². The number of hydrogen-bond donors (Lipinski definition) is 2. The first-order chi connectivity index (χ1) is 12.5. The Balaban J connectivity index is 1.95. The average Bonchev–Trinajstić information content (AvgIpc) is 3.12. The van der Waals surface area contributed by atoms with Gasteiger partial charge in [0.15, 0.2) is 6.61 Å². The summed E-state index contributed by atoms with van der Waals surface area (Å²) in [4.78, 5) is 36.0. The van der Waals surface area contributed by atoms with Gasteiger partial charge in [-0.25, -0.2) is 9.48 Å². The highest BCUT2D eigenvalue weighted by Crippen LogP contribution is 2.16. The number of ether oxygens (including phenoxy) is 1. The highest BCUT2D eigenvalue weighted by atomic mass is 16.5. The summed E-state index contributed by atoms with van der Waals surface area (Å²) in [6.07, 6.45) is 2.07. The lowest BCUT2D eigenvalue weighted by molar-refractivity contribution is -0.124. The third-order valence-corrected chi connectivity index (χ3v) is 3.47. The number of amides is 2. The molecule has 2 rings (SSSR count). The molecule has 0 saturated heterocycles. The van der Waals surface area contributed by atoms with Gasteiger partial charge in [0.25, 0.3) is 5.91 Å². The van der Waals surface area contributed by atoms with Gasteiger partial charge in [0.2, 0.25) is 5.91 Å². The van der Waals surface area contributed by atoms with Crippen LogP contribution in [-0.2, 0) is 20.9 Å². The number of anilines is 1. The molecular formula is C16H20N6O4. The molecule has 0 radical (unpaired) electrons. The van der Waals surface area contributed by atoms with Crippen molar-refractivity contribution in [1.29, 1.82) is 0 Å². The molecule has 10 heteroatoms. The van der Waals surface area contributed by atoms with Gasteiger partial charge >= 0.3 is 5.97 Å². The van der Waals surface area contributed by atoms with Crippen molar-refractivity contribution in [2.75, 3.05) is 11.9 Å². The van der Waals surface area contributed by atoms with Crippen LogP contribution in [0.25, 0.3) is 0 Å². The zero-order chi connectivity index (χ0) is 18.9. The fourth-order valence-corrected chi connectivity index (χ4v) is 1.99.